The molecule has 1 aromatic rings. The Balaban J connectivity index is 2.35. The zero-order chi connectivity index (χ0) is 13.3. The van der Waals surface area contributed by atoms with Crippen molar-refractivity contribution in [1.82, 2.24) is 0 Å². The predicted octanol–water partition coefficient (Wildman–Crippen LogP) is 2.16. The molecule has 0 heterocycles. The highest BCUT2D eigenvalue weighted by Gasteiger charge is 2.42. The standard InChI is InChI=1S/C14H21NO3/c1-8(15)9-5-10(9)11-6-13(17-3)14(18-4)7-12(11)16-2/h6-10H,5,15H2,1-4H3. The average molecular weight is 251 g/mol. The van der Waals surface area contributed by atoms with Crippen LogP contribution >= 0.6 is 0 Å². The van der Waals surface area contributed by atoms with E-state index >= 15 is 0 Å². The van der Waals surface area contributed by atoms with Gasteiger partial charge in [0.1, 0.15) is 5.75 Å². The molecule has 1 saturated carbocycles. The quantitative estimate of drug-likeness (QED) is 0.871. The second kappa shape index (κ2) is 5.06. The van der Waals surface area contributed by atoms with E-state index in [4.69, 9.17) is 19.9 Å². The fraction of sp³-hybridized carbons (Fsp3) is 0.571. The van der Waals surface area contributed by atoms with Gasteiger partial charge in [0.25, 0.3) is 0 Å². The van der Waals surface area contributed by atoms with Gasteiger partial charge in [-0.15, -0.1) is 0 Å². The van der Waals surface area contributed by atoms with Gasteiger partial charge in [0, 0.05) is 17.7 Å². The normalized spacial score (nSPS) is 23.4. The summed E-state index contributed by atoms with van der Waals surface area (Å²) in [5.41, 5.74) is 7.11. The molecule has 2 N–H and O–H groups in total. The third kappa shape index (κ3) is 2.25. The van der Waals surface area contributed by atoms with Crippen LogP contribution in [0.1, 0.15) is 24.8 Å². The summed E-state index contributed by atoms with van der Waals surface area (Å²) in [5, 5.41) is 0. The molecule has 100 valence electrons. The molecular formula is C14H21NO3. The Morgan fingerprint density at radius 3 is 2.06 bits per heavy atom. The first kappa shape index (κ1) is 13.0. The first-order valence-electron chi connectivity index (χ1n) is 6.17. The first-order chi connectivity index (χ1) is 8.62. The minimum Gasteiger partial charge on any atom is -0.496 e. The first-order valence-corrected chi connectivity index (χ1v) is 6.17. The van der Waals surface area contributed by atoms with Gasteiger partial charge < -0.3 is 19.9 Å². The molecule has 0 spiro atoms. The highest BCUT2D eigenvalue weighted by molar-refractivity contribution is 5.53. The predicted molar refractivity (Wildman–Crippen MR) is 70.6 cm³/mol. The van der Waals surface area contributed by atoms with Crippen molar-refractivity contribution in [3.05, 3.63) is 17.7 Å². The van der Waals surface area contributed by atoms with E-state index < -0.39 is 0 Å². The van der Waals surface area contributed by atoms with Crippen molar-refractivity contribution in [3.8, 4) is 17.2 Å². The number of rotatable bonds is 5. The number of nitrogens with two attached hydrogens (primary N) is 1. The molecular weight excluding hydrogens is 230 g/mol. The van der Waals surface area contributed by atoms with Gasteiger partial charge in [-0.1, -0.05) is 0 Å². The molecule has 0 radical (unpaired) electrons. The second-order valence-electron chi connectivity index (χ2n) is 4.81. The molecule has 3 unspecified atom stereocenters. The number of ether oxygens (including phenoxy) is 3. The minimum absolute atomic E-state index is 0.216. The summed E-state index contributed by atoms with van der Waals surface area (Å²) < 4.78 is 16.1. The zero-order valence-corrected chi connectivity index (χ0v) is 11.4. The van der Waals surface area contributed by atoms with E-state index in [9.17, 15) is 0 Å². The maximum absolute atomic E-state index is 5.95. The van der Waals surface area contributed by atoms with Crippen molar-refractivity contribution in [2.75, 3.05) is 21.3 Å². The SMILES string of the molecule is COc1cc(OC)c(C2CC2C(C)N)cc1OC. The Hall–Kier alpha value is -1.42. The van der Waals surface area contributed by atoms with Crippen LogP contribution in [0.3, 0.4) is 0 Å². The van der Waals surface area contributed by atoms with Crippen LogP contribution in [-0.2, 0) is 0 Å². The maximum atomic E-state index is 5.95. The summed E-state index contributed by atoms with van der Waals surface area (Å²) in [6.45, 7) is 2.05. The van der Waals surface area contributed by atoms with Gasteiger partial charge in [0.2, 0.25) is 0 Å². The van der Waals surface area contributed by atoms with Gasteiger partial charge in [-0.05, 0) is 31.2 Å². The van der Waals surface area contributed by atoms with Crippen LogP contribution in [-0.4, -0.2) is 27.4 Å². The zero-order valence-electron chi connectivity index (χ0n) is 11.4. The molecule has 0 aromatic heterocycles. The van der Waals surface area contributed by atoms with Crippen molar-refractivity contribution >= 4 is 0 Å². The molecule has 0 aliphatic heterocycles. The van der Waals surface area contributed by atoms with E-state index in [0.717, 1.165) is 23.5 Å². The topological polar surface area (TPSA) is 53.7 Å². The minimum atomic E-state index is 0.216. The molecule has 4 nitrogen and oxygen atoms in total. The Labute approximate surface area is 108 Å². The van der Waals surface area contributed by atoms with Crippen LogP contribution < -0.4 is 19.9 Å². The third-order valence-corrected chi connectivity index (χ3v) is 3.65. The van der Waals surface area contributed by atoms with Gasteiger partial charge in [-0.25, -0.2) is 0 Å². The van der Waals surface area contributed by atoms with Crippen LogP contribution in [0.15, 0.2) is 12.1 Å². The largest absolute Gasteiger partial charge is 0.496 e. The Morgan fingerprint density at radius 1 is 1.06 bits per heavy atom. The molecule has 4 heteroatoms. The number of hydrogen-bond acceptors (Lipinski definition) is 4. The lowest BCUT2D eigenvalue weighted by Gasteiger charge is -2.14. The number of hydrogen-bond donors (Lipinski definition) is 1. The van der Waals surface area contributed by atoms with E-state index in [1.807, 2.05) is 12.1 Å². The molecule has 0 bridgehead atoms. The van der Waals surface area contributed by atoms with Crippen molar-refractivity contribution < 1.29 is 14.2 Å². The van der Waals surface area contributed by atoms with E-state index in [2.05, 4.69) is 6.92 Å². The summed E-state index contributed by atoms with van der Waals surface area (Å²) in [6.07, 6.45) is 1.11. The molecule has 1 aliphatic rings. The van der Waals surface area contributed by atoms with Gasteiger partial charge >= 0.3 is 0 Å². The van der Waals surface area contributed by atoms with Crippen molar-refractivity contribution in [2.24, 2.45) is 11.7 Å². The van der Waals surface area contributed by atoms with Crippen LogP contribution in [0.2, 0.25) is 0 Å². The van der Waals surface area contributed by atoms with Crippen LogP contribution in [0.5, 0.6) is 17.2 Å². The molecule has 1 aliphatic carbocycles. The lowest BCUT2D eigenvalue weighted by Crippen LogP contribution is -2.18. The smallest absolute Gasteiger partial charge is 0.164 e. The lowest BCUT2D eigenvalue weighted by molar-refractivity contribution is 0.347. The Bertz CT molecular complexity index is 431. The molecule has 0 amide bonds. The third-order valence-electron chi connectivity index (χ3n) is 3.65. The maximum Gasteiger partial charge on any atom is 0.164 e. The van der Waals surface area contributed by atoms with E-state index in [0.29, 0.717) is 17.6 Å². The van der Waals surface area contributed by atoms with Gasteiger partial charge in [-0.2, -0.15) is 0 Å². The monoisotopic (exact) mass is 251 g/mol. The molecule has 1 aromatic carbocycles. The second-order valence-corrected chi connectivity index (χ2v) is 4.81. The highest BCUT2D eigenvalue weighted by atomic mass is 16.5. The molecule has 3 atom stereocenters. The summed E-state index contributed by atoms with van der Waals surface area (Å²) in [7, 11) is 4.94. The van der Waals surface area contributed by atoms with Crippen molar-refractivity contribution in [1.29, 1.82) is 0 Å². The molecule has 1 fully saturated rings. The summed E-state index contributed by atoms with van der Waals surface area (Å²) in [5.74, 6) is 3.29. The van der Waals surface area contributed by atoms with Crippen molar-refractivity contribution in [3.63, 3.8) is 0 Å². The van der Waals surface area contributed by atoms with E-state index in [-0.39, 0.29) is 6.04 Å². The molecule has 2 rings (SSSR count). The van der Waals surface area contributed by atoms with Crippen LogP contribution in [0, 0.1) is 5.92 Å². The van der Waals surface area contributed by atoms with Gasteiger partial charge in [0.15, 0.2) is 11.5 Å². The van der Waals surface area contributed by atoms with E-state index in [1.54, 1.807) is 21.3 Å². The number of benzene rings is 1. The van der Waals surface area contributed by atoms with Gasteiger partial charge in [0.05, 0.1) is 21.3 Å². The highest BCUT2D eigenvalue weighted by Crippen LogP contribution is 2.53. The molecule has 18 heavy (non-hydrogen) atoms. The van der Waals surface area contributed by atoms with E-state index in [1.165, 1.54) is 0 Å². The van der Waals surface area contributed by atoms with Crippen molar-refractivity contribution in [2.45, 2.75) is 25.3 Å². The Morgan fingerprint density at radius 2 is 1.61 bits per heavy atom. The summed E-state index contributed by atoms with van der Waals surface area (Å²) >= 11 is 0. The fourth-order valence-electron chi connectivity index (χ4n) is 2.50. The summed E-state index contributed by atoms with van der Waals surface area (Å²) in [4.78, 5) is 0. The van der Waals surface area contributed by atoms with Crippen LogP contribution in [0.25, 0.3) is 0 Å². The fourth-order valence-corrected chi connectivity index (χ4v) is 2.50. The van der Waals surface area contributed by atoms with Crippen LogP contribution in [0.4, 0.5) is 0 Å². The Kier molecular flexibility index (Phi) is 3.66. The summed E-state index contributed by atoms with van der Waals surface area (Å²) in [6, 6.07) is 4.10. The average Bonchev–Trinajstić information content (AvgIpc) is 3.17. The number of methoxy groups -OCH3 is 3. The van der Waals surface area contributed by atoms with Gasteiger partial charge in [-0.3, -0.25) is 0 Å². The molecule has 0 saturated heterocycles. The lowest BCUT2D eigenvalue weighted by atomic mass is 10.0.